The molecule has 1 aromatic rings. The van der Waals surface area contributed by atoms with E-state index in [4.69, 9.17) is 0 Å². The third kappa shape index (κ3) is 2.96. The largest absolute Gasteiger partial charge is 0.287 e. The van der Waals surface area contributed by atoms with Gasteiger partial charge in [-0.15, -0.1) is 0 Å². The molecule has 1 heterocycles. The van der Waals surface area contributed by atoms with E-state index in [1.807, 2.05) is 19.1 Å². The Balaban J connectivity index is 2.92. The molecule has 0 aromatic carbocycles. The second-order valence-electron chi connectivity index (χ2n) is 3.39. The quantitative estimate of drug-likeness (QED) is 0.737. The van der Waals surface area contributed by atoms with Gasteiger partial charge in [0.1, 0.15) is 0 Å². The molecule has 0 saturated heterocycles. The summed E-state index contributed by atoms with van der Waals surface area (Å²) in [7, 11) is 3.85. The molecule has 0 aliphatic heterocycles. The molecule has 0 aliphatic carbocycles. The van der Waals surface area contributed by atoms with Gasteiger partial charge >= 0.3 is 0 Å². The summed E-state index contributed by atoms with van der Waals surface area (Å²) in [6.07, 6.45) is 1.88. The van der Waals surface area contributed by atoms with Crippen molar-refractivity contribution in [3.05, 3.63) is 17.5 Å². The smallest absolute Gasteiger partial charge is 0.237 e. The Kier molecular flexibility index (Phi) is 3.83. The molecular weight excluding hydrogens is 176 g/mol. The van der Waals surface area contributed by atoms with E-state index in [2.05, 4.69) is 35.3 Å². The first-order valence-electron chi connectivity index (χ1n) is 4.96. The third-order valence-electron chi connectivity index (χ3n) is 1.88. The van der Waals surface area contributed by atoms with Gasteiger partial charge in [-0.3, -0.25) is 5.43 Å². The van der Waals surface area contributed by atoms with Crippen molar-refractivity contribution < 1.29 is 0 Å². The fourth-order valence-electron chi connectivity index (χ4n) is 1.17. The zero-order chi connectivity index (χ0) is 10.6. The molecule has 0 spiro atoms. The van der Waals surface area contributed by atoms with Crippen molar-refractivity contribution >= 4 is 5.95 Å². The molecule has 78 valence electrons. The summed E-state index contributed by atoms with van der Waals surface area (Å²) in [5.41, 5.74) is 5.23. The molecular formula is C10H18N4. The van der Waals surface area contributed by atoms with E-state index in [9.17, 15) is 0 Å². The van der Waals surface area contributed by atoms with Gasteiger partial charge in [-0.2, -0.15) is 0 Å². The number of nitrogens with zero attached hydrogens (tertiary/aromatic N) is 3. The zero-order valence-corrected chi connectivity index (χ0v) is 9.33. The Morgan fingerprint density at radius 3 is 2.00 bits per heavy atom. The zero-order valence-electron chi connectivity index (χ0n) is 9.33. The summed E-state index contributed by atoms with van der Waals surface area (Å²) in [5, 5.41) is 1.84. The first kappa shape index (κ1) is 10.9. The van der Waals surface area contributed by atoms with Crippen LogP contribution in [0.3, 0.4) is 0 Å². The molecule has 0 bridgehead atoms. The first-order valence-corrected chi connectivity index (χ1v) is 4.96. The van der Waals surface area contributed by atoms with Crippen molar-refractivity contribution in [3.63, 3.8) is 0 Å². The van der Waals surface area contributed by atoms with Crippen molar-refractivity contribution in [2.75, 3.05) is 19.5 Å². The number of aryl methyl sites for hydroxylation is 2. The van der Waals surface area contributed by atoms with Crippen molar-refractivity contribution in [2.24, 2.45) is 0 Å². The molecule has 0 radical (unpaired) electrons. The number of hydrogen-bond donors (Lipinski definition) is 1. The number of hydrogen-bond acceptors (Lipinski definition) is 4. The first-order chi connectivity index (χ1) is 6.65. The van der Waals surface area contributed by atoms with Crippen LogP contribution in [-0.4, -0.2) is 29.1 Å². The van der Waals surface area contributed by atoms with Crippen LogP contribution >= 0.6 is 0 Å². The maximum Gasteiger partial charge on any atom is 0.237 e. The standard InChI is InChI=1S/C10H18N4/c1-5-8-7-9(6-2)12-10(11-8)13-14(3)4/h7H,5-6H2,1-4H3,(H,11,12,13). The molecule has 0 aliphatic rings. The van der Waals surface area contributed by atoms with Crippen LogP contribution in [-0.2, 0) is 12.8 Å². The monoisotopic (exact) mass is 194 g/mol. The molecule has 0 amide bonds. The van der Waals surface area contributed by atoms with Crippen LogP contribution in [0.15, 0.2) is 6.07 Å². The summed E-state index contributed by atoms with van der Waals surface area (Å²) in [4.78, 5) is 8.75. The SMILES string of the molecule is CCc1cc(CC)nc(NN(C)C)n1. The average molecular weight is 194 g/mol. The van der Waals surface area contributed by atoms with Crippen molar-refractivity contribution in [2.45, 2.75) is 26.7 Å². The lowest BCUT2D eigenvalue weighted by atomic mass is 10.2. The molecule has 0 saturated carbocycles. The van der Waals surface area contributed by atoms with Gasteiger partial charge in [0.15, 0.2) is 0 Å². The molecule has 14 heavy (non-hydrogen) atoms. The highest BCUT2D eigenvalue weighted by atomic mass is 15.5. The minimum atomic E-state index is 0.686. The number of aromatic nitrogens is 2. The number of rotatable bonds is 4. The van der Waals surface area contributed by atoms with Crippen LogP contribution in [0.1, 0.15) is 25.2 Å². The van der Waals surface area contributed by atoms with Crippen LogP contribution in [0.25, 0.3) is 0 Å². The number of hydrazine groups is 1. The fourth-order valence-corrected chi connectivity index (χ4v) is 1.17. The van der Waals surface area contributed by atoms with Crippen molar-refractivity contribution in [3.8, 4) is 0 Å². The fraction of sp³-hybridized carbons (Fsp3) is 0.600. The van der Waals surface area contributed by atoms with Gasteiger partial charge < -0.3 is 0 Å². The van der Waals surface area contributed by atoms with Crippen LogP contribution in [0, 0.1) is 0 Å². The molecule has 1 rings (SSSR count). The second-order valence-corrected chi connectivity index (χ2v) is 3.39. The van der Waals surface area contributed by atoms with Crippen LogP contribution in [0.2, 0.25) is 0 Å². The molecule has 1 N–H and O–H groups in total. The lowest BCUT2D eigenvalue weighted by Crippen LogP contribution is -2.22. The number of nitrogens with one attached hydrogen (secondary N) is 1. The minimum Gasteiger partial charge on any atom is -0.287 e. The lowest BCUT2D eigenvalue weighted by Gasteiger charge is -2.13. The Hall–Kier alpha value is -1.16. The van der Waals surface area contributed by atoms with Crippen LogP contribution in [0.5, 0.6) is 0 Å². The second kappa shape index (κ2) is 4.91. The predicted octanol–water partition coefficient (Wildman–Crippen LogP) is 1.49. The maximum absolute atomic E-state index is 4.38. The summed E-state index contributed by atoms with van der Waals surface area (Å²) in [5.74, 6) is 0.686. The maximum atomic E-state index is 4.38. The van der Waals surface area contributed by atoms with E-state index in [0.29, 0.717) is 5.95 Å². The molecule has 0 fully saturated rings. The van der Waals surface area contributed by atoms with E-state index in [1.54, 1.807) is 0 Å². The van der Waals surface area contributed by atoms with Gasteiger partial charge in [-0.25, -0.2) is 15.0 Å². The van der Waals surface area contributed by atoms with Gasteiger partial charge in [0, 0.05) is 25.5 Å². The van der Waals surface area contributed by atoms with E-state index >= 15 is 0 Å². The van der Waals surface area contributed by atoms with E-state index in [0.717, 1.165) is 24.2 Å². The number of anilines is 1. The van der Waals surface area contributed by atoms with Gasteiger partial charge in [0.05, 0.1) is 0 Å². The Morgan fingerprint density at radius 2 is 1.64 bits per heavy atom. The van der Waals surface area contributed by atoms with Crippen LogP contribution < -0.4 is 5.43 Å². The van der Waals surface area contributed by atoms with Gasteiger partial charge in [0.2, 0.25) is 5.95 Å². The highest BCUT2D eigenvalue weighted by molar-refractivity contribution is 5.27. The van der Waals surface area contributed by atoms with Gasteiger partial charge in [-0.1, -0.05) is 13.8 Å². The van der Waals surface area contributed by atoms with E-state index in [1.165, 1.54) is 0 Å². The highest BCUT2D eigenvalue weighted by Gasteiger charge is 2.02. The average Bonchev–Trinajstić information content (AvgIpc) is 2.16. The van der Waals surface area contributed by atoms with E-state index < -0.39 is 0 Å². The summed E-state index contributed by atoms with van der Waals surface area (Å²) in [6, 6.07) is 2.06. The van der Waals surface area contributed by atoms with Gasteiger partial charge in [0.25, 0.3) is 0 Å². The Bertz CT molecular complexity index is 274. The topological polar surface area (TPSA) is 41.1 Å². The predicted molar refractivity (Wildman–Crippen MR) is 58.1 cm³/mol. The third-order valence-corrected chi connectivity index (χ3v) is 1.88. The molecule has 1 aromatic heterocycles. The normalized spacial score (nSPS) is 10.6. The van der Waals surface area contributed by atoms with E-state index in [-0.39, 0.29) is 0 Å². The highest BCUT2D eigenvalue weighted by Crippen LogP contribution is 2.06. The Labute approximate surface area is 85.3 Å². The molecule has 0 unspecified atom stereocenters. The van der Waals surface area contributed by atoms with Crippen molar-refractivity contribution in [1.82, 2.24) is 15.0 Å². The summed E-state index contributed by atoms with van der Waals surface area (Å²) < 4.78 is 0. The van der Waals surface area contributed by atoms with Crippen LogP contribution in [0.4, 0.5) is 5.95 Å². The van der Waals surface area contributed by atoms with Gasteiger partial charge in [-0.05, 0) is 18.9 Å². The minimum absolute atomic E-state index is 0.686. The molecule has 4 heteroatoms. The summed E-state index contributed by atoms with van der Waals surface area (Å²) >= 11 is 0. The molecule has 0 atom stereocenters. The molecule has 4 nitrogen and oxygen atoms in total. The van der Waals surface area contributed by atoms with Crippen molar-refractivity contribution in [1.29, 1.82) is 0 Å². The summed E-state index contributed by atoms with van der Waals surface area (Å²) in [6.45, 7) is 4.20. The lowest BCUT2D eigenvalue weighted by molar-refractivity contribution is 0.488. The Morgan fingerprint density at radius 1 is 1.14 bits per heavy atom.